The van der Waals surface area contributed by atoms with E-state index < -0.39 is 41.2 Å². The fraction of sp³-hybridized carbons (Fsp3) is 0.550. The van der Waals surface area contributed by atoms with Gasteiger partial charge in [-0.3, -0.25) is 10.1 Å². The van der Waals surface area contributed by atoms with Gasteiger partial charge in [-0.25, -0.2) is 9.59 Å². The lowest BCUT2D eigenvalue weighted by Gasteiger charge is -2.33. The third-order valence-electron chi connectivity index (χ3n) is 3.73. The van der Waals surface area contributed by atoms with Crippen LogP contribution in [0.2, 0.25) is 0 Å². The summed E-state index contributed by atoms with van der Waals surface area (Å²) in [5.41, 5.74) is -2.82. The molecule has 0 saturated heterocycles. The van der Waals surface area contributed by atoms with Crippen molar-refractivity contribution in [2.24, 2.45) is 0 Å². The molecule has 9 heteroatoms. The van der Waals surface area contributed by atoms with Gasteiger partial charge in [0.15, 0.2) is 11.5 Å². The summed E-state index contributed by atoms with van der Waals surface area (Å²) in [5.74, 6) is -2.65. The number of alkyl carbamates (subject to hydrolysis) is 1. The first-order valence-corrected chi connectivity index (χ1v) is 9.20. The highest BCUT2D eigenvalue weighted by Gasteiger charge is 2.47. The first-order valence-electron chi connectivity index (χ1n) is 9.20. The van der Waals surface area contributed by atoms with Gasteiger partial charge in [0.1, 0.15) is 5.60 Å². The number of aromatic hydroxyl groups is 2. The predicted molar refractivity (Wildman–Crippen MR) is 103 cm³/mol. The number of carbonyl (C=O) groups excluding carboxylic acids is 3. The van der Waals surface area contributed by atoms with Crippen LogP contribution in [0.15, 0.2) is 18.2 Å². The molecule has 0 saturated carbocycles. The van der Waals surface area contributed by atoms with Crippen molar-refractivity contribution in [3.63, 3.8) is 0 Å². The molecule has 1 unspecified atom stereocenters. The number of ether oxygens (including phenoxy) is 3. The second-order valence-corrected chi connectivity index (χ2v) is 7.67. The van der Waals surface area contributed by atoms with Crippen LogP contribution in [0.1, 0.15) is 53.5 Å². The SMILES string of the molecule is CCC(C)OC(=O)[C@@](Cc1ccc(O)c(O)c1)(NC(=O)OC(C)(C)C)OC(C)=O. The highest BCUT2D eigenvalue weighted by Crippen LogP contribution is 2.28. The highest BCUT2D eigenvalue weighted by atomic mass is 16.6. The van der Waals surface area contributed by atoms with E-state index in [4.69, 9.17) is 14.2 Å². The van der Waals surface area contributed by atoms with Crippen LogP contribution in [0.3, 0.4) is 0 Å². The van der Waals surface area contributed by atoms with E-state index in [0.717, 1.165) is 6.92 Å². The molecule has 1 amide bonds. The quantitative estimate of drug-likeness (QED) is 0.270. The normalized spacial score (nSPS) is 14.3. The molecule has 1 aromatic carbocycles. The van der Waals surface area contributed by atoms with E-state index in [2.05, 4.69) is 5.32 Å². The van der Waals surface area contributed by atoms with Gasteiger partial charge < -0.3 is 24.4 Å². The largest absolute Gasteiger partial charge is 0.504 e. The average molecular weight is 411 g/mol. The predicted octanol–water partition coefficient (Wildman–Crippen LogP) is 2.77. The molecule has 0 bridgehead atoms. The number of esters is 2. The second-order valence-electron chi connectivity index (χ2n) is 7.67. The van der Waals surface area contributed by atoms with Gasteiger partial charge in [0.25, 0.3) is 5.72 Å². The molecule has 1 rings (SSSR count). The second kappa shape index (κ2) is 9.49. The molecule has 162 valence electrons. The molecule has 1 aromatic rings. The first-order chi connectivity index (χ1) is 13.3. The summed E-state index contributed by atoms with van der Waals surface area (Å²) in [5, 5.41) is 21.6. The van der Waals surface area contributed by atoms with Crippen LogP contribution in [-0.2, 0) is 30.2 Å². The zero-order valence-corrected chi connectivity index (χ0v) is 17.6. The summed E-state index contributed by atoms with van der Waals surface area (Å²) in [6, 6.07) is 3.79. The number of benzene rings is 1. The molecular weight excluding hydrogens is 382 g/mol. The van der Waals surface area contributed by atoms with Crippen molar-refractivity contribution in [1.82, 2.24) is 5.32 Å². The minimum absolute atomic E-state index is 0.290. The van der Waals surface area contributed by atoms with Crippen LogP contribution < -0.4 is 5.32 Å². The molecule has 0 fully saturated rings. The van der Waals surface area contributed by atoms with E-state index in [1.807, 2.05) is 0 Å². The number of nitrogens with one attached hydrogen (secondary N) is 1. The Morgan fingerprint density at radius 2 is 1.72 bits per heavy atom. The lowest BCUT2D eigenvalue weighted by Crippen LogP contribution is -2.60. The van der Waals surface area contributed by atoms with Crippen molar-refractivity contribution < 1.29 is 38.8 Å². The number of hydrogen-bond donors (Lipinski definition) is 3. The van der Waals surface area contributed by atoms with Crippen LogP contribution in [0.5, 0.6) is 11.5 Å². The van der Waals surface area contributed by atoms with Crippen LogP contribution in [0, 0.1) is 0 Å². The number of phenols is 2. The van der Waals surface area contributed by atoms with Gasteiger partial charge in [-0.1, -0.05) is 13.0 Å². The Kier molecular flexibility index (Phi) is 7.87. The van der Waals surface area contributed by atoms with Crippen molar-refractivity contribution in [1.29, 1.82) is 0 Å². The maximum atomic E-state index is 12.9. The monoisotopic (exact) mass is 411 g/mol. The lowest BCUT2D eigenvalue weighted by molar-refractivity contribution is -0.188. The van der Waals surface area contributed by atoms with Crippen LogP contribution in [-0.4, -0.2) is 45.7 Å². The van der Waals surface area contributed by atoms with Gasteiger partial charge in [0, 0.05) is 13.3 Å². The minimum Gasteiger partial charge on any atom is -0.504 e. The molecule has 0 heterocycles. The van der Waals surface area contributed by atoms with E-state index in [0.29, 0.717) is 12.0 Å². The molecule has 0 spiro atoms. The number of amides is 1. The molecule has 2 atom stereocenters. The molecule has 29 heavy (non-hydrogen) atoms. The lowest BCUT2D eigenvalue weighted by atomic mass is 10.0. The fourth-order valence-electron chi connectivity index (χ4n) is 2.31. The molecule has 0 aromatic heterocycles. The molecular formula is C20H29NO8. The van der Waals surface area contributed by atoms with Gasteiger partial charge in [-0.15, -0.1) is 0 Å². The van der Waals surface area contributed by atoms with Gasteiger partial charge in [-0.05, 0) is 51.8 Å². The Morgan fingerprint density at radius 1 is 1.10 bits per heavy atom. The summed E-state index contributed by atoms with van der Waals surface area (Å²) >= 11 is 0. The first kappa shape index (κ1) is 24.1. The molecule has 0 radical (unpaired) electrons. The molecule has 0 aliphatic carbocycles. The Balaban J connectivity index is 3.37. The summed E-state index contributed by atoms with van der Waals surface area (Å²) in [6.07, 6.45) is -1.38. The number of hydrogen-bond acceptors (Lipinski definition) is 8. The Bertz CT molecular complexity index is 755. The zero-order chi connectivity index (χ0) is 22.4. The number of phenolic OH excluding ortho intramolecular Hbond substituents is 2. The third kappa shape index (κ3) is 7.52. The highest BCUT2D eigenvalue weighted by molar-refractivity contribution is 5.87. The van der Waals surface area contributed by atoms with E-state index in [9.17, 15) is 24.6 Å². The van der Waals surface area contributed by atoms with Crippen molar-refractivity contribution in [3.8, 4) is 11.5 Å². The van der Waals surface area contributed by atoms with Gasteiger partial charge in [-0.2, -0.15) is 0 Å². The fourth-order valence-corrected chi connectivity index (χ4v) is 2.31. The van der Waals surface area contributed by atoms with Crippen molar-refractivity contribution in [2.75, 3.05) is 0 Å². The molecule has 0 aliphatic heterocycles. The van der Waals surface area contributed by atoms with Crippen LogP contribution >= 0.6 is 0 Å². The van der Waals surface area contributed by atoms with E-state index in [1.54, 1.807) is 34.6 Å². The summed E-state index contributed by atoms with van der Waals surface area (Å²) in [7, 11) is 0. The topological polar surface area (TPSA) is 131 Å². The number of rotatable bonds is 7. The maximum Gasteiger partial charge on any atom is 0.411 e. The van der Waals surface area contributed by atoms with Crippen molar-refractivity contribution in [2.45, 2.75) is 71.8 Å². The summed E-state index contributed by atoms with van der Waals surface area (Å²) < 4.78 is 15.8. The van der Waals surface area contributed by atoms with E-state index >= 15 is 0 Å². The number of carbonyl (C=O) groups is 3. The molecule has 9 nitrogen and oxygen atoms in total. The summed E-state index contributed by atoms with van der Waals surface area (Å²) in [6.45, 7) is 9.43. The standard InChI is InChI=1S/C20H29NO8/c1-7-12(2)27-17(25)20(28-13(3)22,21-18(26)29-19(4,5)6)11-14-8-9-15(23)16(24)10-14/h8-10,12,23-24H,7,11H2,1-6H3,(H,21,26)/t12?,20-/m0/s1. The van der Waals surface area contributed by atoms with Crippen molar-refractivity contribution in [3.05, 3.63) is 23.8 Å². The Morgan fingerprint density at radius 3 is 2.21 bits per heavy atom. The smallest absolute Gasteiger partial charge is 0.411 e. The average Bonchev–Trinajstić information content (AvgIpc) is 2.55. The van der Waals surface area contributed by atoms with Gasteiger partial charge in [0.2, 0.25) is 0 Å². The van der Waals surface area contributed by atoms with Gasteiger partial charge >= 0.3 is 18.0 Å². The van der Waals surface area contributed by atoms with Crippen molar-refractivity contribution >= 4 is 18.0 Å². The van der Waals surface area contributed by atoms with E-state index in [1.165, 1.54) is 18.2 Å². The summed E-state index contributed by atoms with van der Waals surface area (Å²) in [4.78, 5) is 37.1. The Hall–Kier alpha value is -2.97. The van der Waals surface area contributed by atoms with Crippen LogP contribution in [0.25, 0.3) is 0 Å². The maximum absolute atomic E-state index is 12.9. The molecule has 3 N–H and O–H groups in total. The molecule has 0 aliphatic rings. The Labute approximate surface area is 170 Å². The van der Waals surface area contributed by atoms with Gasteiger partial charge in [0.05, 0.1) is 6.10 Å². The minimum atomic E-state index is -2.24. The van der Waals surface area contributed by atoms with Crippen LogP contribution in [0.4, 0.5) is 4.79 Å². The zero-order valence-electron chi connectivity index (χ0n) is 17.6. The third-order valence-corrected chi connectivity index (χ3v) is 3.73. The van der Waals surface area contributed by atoms with E-state index in [-0.39, 0.29) is 12.2 Å².